The van der Waals surface area contributed by atoms with Gasteiger partial charge in [-0.05, 0) is 119 Å². The number of aromatic hydroxyl groups is 1. The van der Waals surface area contributed by atoms with Gasteiger partial charge in [-0.3, -0.25) is 63.6 Å². The molecule has 0 bridgehead atoms. The third kappa shape index (κ3) is 32.1. The molecule has 0 fully saturated rings. The number of rotatable bonds is 44. The average Bonchev–Trinajstić information content (AvgIpc) is 3.66. The number of carboxylic acid groups (broad SMARTS) is 1. The molecular weight excluding hydrogens is 1180 g/mol. The largest absolute Gasteiger partial charge is 0.508 e. The number of thioether (sulfide) groups is 1. The van der Waals surface area contributed by atoms with Crippen molar-refractivity contribution >= 4 is 88.7 Å². The minimum atomic E-state index is -2.01. The van der Waals surface area contributed by atoms with E-state index < -0.39 is 144 Å². The van der Waals surface area contributed by atoms with Crippen molar-refractivity contribution in [1.82, 2.24) is 58.5 Å². The molecule has 1 aromatic carbocycles. The summed E-state index contributed by atoms with van der Waals surface area (Å²) in [5, 5.41) is 83.5. The van der Waals surface area contributed by atoms with Gasteiger partial charge in [0.2, 0.25) is 59.1 Å². The summed E-state index contributed by atoms with van der Waals surface area (Å²) in [6.07, 6.45) is -0.240. The first kappa shape index (κ1) is 79.0. The molecule has 10 amide bonds. The van der Waals surface area contributed by atoms with Crippen LogP contribution in [0.5, 0.6) is 5.75 Å². The van der Waals surface area contributed by atoms with Crippen molar-refractivity contribution in [3.8, 4) is 5.75 Å². The topological polar surface area (TPSA) is 553 Å². The number of unbranched alkanes of at least 4 members (excludes halogenated alkanes) is 1. The van der Waals surface area contributed by atoms with Gasteiger partial charge in [-0.2, -0.15) is 11.8 Å². The summed E-state index contributed by atoms with van der Waals surface area (Å²) >= 11 is 1.26. The van der Waals surface area contributed by atoms with Crippen LogP contribution in [0.2, 0.25) is 0 Å². The molecule has 33 heteroatoms. The highest BCUT2D eigenvalue weighted by Gasteiger charge is 2.37. The van der Waals surface area contributed by atoms with E-state index in [4.69, 9.17) is 33.8 Å². The van der Waals surface area contributed by atoms with Gasteiger partial charge in [0.05, 0.1) is 19.1 Å². The minimum Gasteiger partial charge on any atom is -0.508 e. The fraction of sp³-hybridized carbons (Fsp3) is 0.661. The number of carbonyl (C=O) groups is 11. The third-order valence-electron chi connectivity index (χ3n) is 13.6. The molecule has 502 valence electrons. The van der Waals surface area contributed by atoms with Crippen molar-refractivity contribution in [3.05, 3.63) is 29.8 Å². The first-order valence-electron chi connectivity index (χ1n) is 29.5. The van der Waals surface area contributed by atoms with E-state index in [9.17, 15) is 73.2 Å². The highest BCUT2D eigenvalue weighted by Crippen LogP contribution is 2.15. The number of hydrogen-bond acceptors (Lipinski definition) is 18. The van der Waals surface area contributed by atoms with E-state index in [2.05, 4.69) is 58.5 Å². The maximum atomic E-state index is 14.4. The Balaban J connectivity index is 3.59. The number of nitrogens with two attached hydrogens (primary N) is 4. The molecule has 0 aliphatic heterocycles. The Labute approximate surface area is 523 Å². The van der Waals surface area contributed by atoms with E-state index >= 15 is 0 Å². The smallest absolute Gasteiger partial charge is 0.305 e. The van der Waals surface area contributed by atoms with Gasteiger partial charge >= 0.3 is 5.97 Å². The Morgan fingerprint density at radius 1 is 0.517 bits per heavy atom. The number of carboxylic acids is 1. The molecule has 11 atom stereocenters. The summed E-state index contributed by atoms with van der Waals surface area (Å²) in [5.74, 6) is -12.2. The predicted octanol–water partition coefficient (Wildman–Crippen LogP) is -4.23. The first-order chi connectivity index (χ1) is 41.8. The van der Waals surface area contributed by atoms with Crippen LogP contribution < -0.4 is 81.4 Å². The van der Waals surface area contributed by atoms with Crippen LogP contribution in [-0.4, -0.2) is 196 Å². The van der Waals surface area contributed by atoms with E-state index in [0.717, 1.165) is 6.92 Å². The zero-order valence-corrected chi connectivity index (χ0v) is 52.6. The van der Waals surface area contributed by atoms with E-state index in [1.54, 1.807) is 27.0 Å². The lowest BCUT2D eigenvalue weighted by molar-refractivity contribution is -0.142. The van der Waals surface area contributed by atoms with Crippen LogP contribution in [0, 0.1) is 28.6 Å². The normalized spacial score (nSPS) is 14.8. The van der Waals surface area contributed by atoms with Gasteiger partial charge in [0.1, 0.15) is 60.1 Å². The second-order valence-electron chi connectivity index (χ2n) is 22.5. The van der Waals surface area contributed by atoms with Crippen LogP contribution >= 0.6 is 11.8 Å². The molecule has 0 unspecified atom stereocenters. The number of amides is 10. The standard InChI is InChI=1S/C56H97N17O15S/c1-29(2)24-31(5)46(80)65-36(13-10-21-63-55(59)60)49(83)72-42(28-74)53(87)68-38(19-23-89-7)50(84)73-44(32(6)75)54(88)71-41(27-43(77)78)52(86)66-35(12-8-9-20-57)48(82)70-40(26-33-15-17-34(76)18-16-33)51(85)67-37(14-11-22-64-56(61)62)47(81)69-39(45(58)79)25-30(3)4/h15-18,29-32,35-42,44,74-76H,8-14,19-28,57H2,1-7H3,(H2,58,79)(H,65,80)(H,66,86)(H,67,85)(H,68,87)(H,69,81)(H,70,82)(H,71,88)(H,72,83)(H,73,84)(H,77,78)(H4,59,60,63)(H4,61,62,64)/t31-,32+,35-,36-,37-,38-,39-,40-,41-,42-,44-/m0/s1. The molecule has 0 heterocycles. The molecule has 0 saturated carbocycles. The number of phenolic OH excluding ortho intramolecular Hbond substituents is 1. The summed E-state index contributed by atoms with van der Waals surface area (Å²) in [7, 11) is 0. The molecule has 1 aromatic rings. The van der Waals surface area contributed by atoms with Crippen LogP contribution in [0.25, 0.3) is 0 Å². The molecule has 32 nitrogen and oxygen atoms in total. The monoisotopic (exact) mass is 1280 g/mol. The first-order valence-corrected chi connectivity index (χ1v) is 30.9. The predicted molar refractivity (Wildman–Crippen MR) is 332 cm³/mol. The third-order valence-corrected chi connectivity index (χ3v) is 14.2. The summed E-state index contributed by atoms with van der Waals surface area (Å²) in [4.78, 5) is 150. The second-order valence-corrected chi connectivity index (χ2v) is 23.4. The van der Waals surface area contributed by atoms with Crippen LogP contribution in [0.1, 0.15) is 118 Å². The number of benzene rings is 1. The Morgan fingerprint density at radius 2 is 0.921 bits per heavy atom. The number of hydrogen-bond donors (Lipinski definition) is 21. The van der Waals surface area contributed by atoms with Gasteiger partial charge in [-0.1, -0.05) is 46.8 Å². The number of phenols is 1. The van der Waals surface area contributed by atoms with Gasteiger partial charge in [0.15, 0.2) is 11.9 Å². The molecule has 89 heavy (non-hydrogen) atoms. The van der Waals surface area contributed by atoms with Crippen LogP contribution in [0.4, 0.5) is 0 Å². The summed E-state index contributed by atoms with van der Waals surface area (Å²) in [6, 6.07) is -8.39. The van der Waals surface area contributed by atoms with E-state index in [1.807, 2.05) is 13.8 Å². The fourth-order valence-corrected chi connectivity index (χ4v) is 9.39. The van der Waals surface area contributed by atoms with Gasteiger partial charge in [-0.15, -0.1) is 0 Å². The second kappa shape index (κ2) is 42.0. The fourth-order valence-electron chi connectivity index (χ4n) is 8.92. The van der Waals surface area contributed by atoms with E-state index in [0.29, 0.717) is 18.4 Å². The van der Waals surface area contributed by atoms with Gasteiger partial charge in [0.25, 0.3) is 0 Å². The molecule has 0 aliphatic carbocycles. The molecule has 0 aliphatic rings. The number of aliphatic hydroxyl groups is 2. The number of aliphatic carboxylic acids is 1. The Kier molecular flexibility index (Phi) is 37.3. The molecule has 1 rings (SSSR count). The summed E-state index contributed by atoms with van der Waals surface area (Å²) in [5.41, 5.74) is 22.5. The van der Waals surface area contributed by atoms with Gasteiger partial charge < -0.3 is 102 Å². The maximum Gasteiger partial charge on any atom is 0.305 e. The van der Waals surface area contributed by atoms with Gasteiger partial charge in [0, 0.05) is 25.4 Å². The van der Waals surface area contributed by atoms with Crippen molar-refractivity contribution in [1.29, 1.82) is 10.8 Å². The van der Waals surface area contributed by atoms with Crippen LogP contribution in [0.15, 0.2) is 24.3 Å². The Morgan fingerprint density at radius 3 is 1.36 bits per heavy atom. The summed E-state index contributed by atoms with van der Waals surface area (Å²) < 4.78 is 0. The molecule has 0 saturated heterocycles. The lowest BCUT2D eigenvalue weighted by Crippen LogP contribution is -2.62. The van der Waals surface area contributed by atoms with Crippen molar-refractivity contribution in [3.63, 3.8) is 0 Å². The van der Waals surface area contributed by atoms with Crippen molar-refractivity contribution in [2.75, 3.05) is 38.2 Å². The van der Waals surface area contributed by atoms with E-state index in [1.165, 1.54) is 36.0 Å². The maximum absolute atomic E-state index is 14.4. The van der Waals surface area contributed by atoms with Crippen molar-refractivity contribution in [2.45, 2.75) is 179 Å². The number of aliphatic hydroxyl groups excluding tert-OH is 2. The van der Waals surface area contributed by atoms with Crippen LogP contribution in [-0.2, 0) is 59.2 Å². The average molecular weight is 1280 g/mol. The highest BCUT2D eigenvalue weighted by molar-refractivity contribution is 7.98. The SMILES string of the molecule is CSCC[C@H](NC(=O)[C@H](CO)NC(=O)[C@H](CCCNC(=N)N)NC(=O)[C@@H](C)CC(C)C)C(=O)N[C@H](C(=O)N[C@@H](CC(=O)O)C(=O)N[C@@H](CCCCN)C(=O)N[C@@H](Cc1ccc(O)cc1)C(=O)N[C@@H](CCCNC(=N)N)C(=O)N[C@@H](CC(C)C)C(N)=O)[C@@H](C)O. The van der Waals surface area contributed by atoms with Crippen LogP contribution in [0.3, 0.4) is 0 Å². The molecule has 0 radical (unpaired) electrons. The Bertz CT molecular complexity index is 2510. The van der Waals surface area contributed by atoms with Gasteiger partial charge in [-0.25, -0.2) is 0 Å². The zero-order chi connectivity index (χ0) is 67.5. The number of guanidine groups is 2. The molecular formula is C56H97N17O15S. The number of carbonyl (C=O) groups excluding carboxylic acids is 10. The lowest BCUT2D eigenvalue weighted by Gasteiger charge is -2.28. The van der Waals surface area contributed by atoms with Crippen molar-refractivity contribution in [2.24, 2.45) is 40.7 Å². The Hall–Kier alpha value is -8.04. The molecule has 25 N–H and O–H groups in total. The lowest BCUT2D eigenvalue weighted by atomic mass is 9.97. The molecule has 0 spiro atoms. The quantitative estimate of drug-likeness (QED) is 0.0167. The zero-order valence-electron chi connectivity index (χ0n) is 51.8. The van der Waals surface area contributed by atoms with E-state index in [-0.39, 0.29) is 113 Å². The number of nitrogens with one attached hydrogen (secondary N) is 13. The summed E-state index contributed by atoms with van der Waals surface area (Å²) in [6.45, 7) is 9.63. The van der Waals surface area contributed by atoms with Crippen molar-refractivity contribution < 1.29 is 73.2 Å². The molecule has 0 aromatic heterocycles. The highest BCUT2D eigenvalue weighted by atomic mass is 32.2. The minimum absolute atomic E-state index is 0.0221. The number of primary amides is 1.